The Morgan fingerprint density at radius 2 is 1.91 bits per heavy atom. The zero-order chi connectivity index (χ0) is 32.3. The molecule has 6 atom stereocenters. The van der Waals surface area contributed by atoms with E-state index in [4.69, 9.17) is 31.5 Å². The van der Waals surface area contributed by atoms with Gasteiger partial charge in [-0.15, -0.1) is 11.6 Å². The second kappa shape index (κ2) is 17.1. The van der Waals surface area contributed by atoms with Gasteiger partial charge in [-0.2, -0.15) is 0 Å². The lowest BCUT2D eigenvalue weighted by atomic mass is 9.85. The van der Waals surface area contributed by atoms with Crippen molar-refractivity contribution >= 4 is 35.2 Å². The first-order valence-electron chi connectivity index (χ1n) is 13.9. The fourth-order valence-electron chi connectivity index (χ4n) is 4.95. The monoisotopic (exact) mass is 623 g/mol. The summed E-state index contributed by atoms with van der Waals surface area (Å²) >= 11 is 5.82. The number of ketones is 2. The molecule has 0 saturated carbocycles. The third-order valence-corrected chi connectivity index (χ3v) is 7.43. The second-order valence-corrected chi connectivity index (χ2v) is 10.9. The van der Waals surface area contributed by atoms with E-state index in [0.29, 0.717) is 0 Å². The van der Waals surface area contributed by atoms with E-state index in [2.05, 4.69) is 10.6 Å². The number of alkyl halides is 1. The zero-order valence-corrected chi connectivity index (χ0v) is 25.8. The van der Waals surface area contributed by atoms with Crippen molar-refractivity contribution in [3.05, 3.63) is 58.5 Å². The third kappa shape index (κ3) is 9.87. The molecule has 0 radical (unpaired) electrons. The Bertz CT molecular complexity index is 1210. The first-order valence-corrected chi connectivity index (χ1v) is 14.4. The lowest BCUT2D eigenvalue weighted by Gasteiger charge is -2.30. The van der Waals surface area contributed by atoms with E-state index in [-0.39, 0.29) is 59.3 Å². The summed E-state index contributed by atoms with van der Waals surface area (Å²) in [6, 6.07) is 0. The van der Waals surface area contributed by atoms with Crippen molar-refractivity contribution in [1.29, 1.82) is 0 Å². The van der Waals surface area contributed by atoms with E-state index < -0.39 is 60.5 Å². The molecule has 0 aromatic carbocycles. The number of hydrogen-bond donors (Lipinski definition) is 5. The van der Waals surface area contributed by atoms with Crippen molar-refractivity contribution in [3.63, 3.8) is 0 Å². The molecule has 2 amide bonds. The van der Waals surface area contributed by atoms with Crippen LogP contribution in [0.25, 0.3) is 0 Å². The van der Waals surface area contributed by atoms with Crippen LogP contribution in [0.15, 0.2) is 58.5 Å². The summed E-state index contributed by atoms with van der Waals surface area (Å²) in [5.74, 6) is -2.27. The van der Waals surface area contributed by atoms with Gasteiger partial charge in [-0.3, -0.25) is 14.4 Å². The average molecular weight is 624 g/mol. The van der Waals surface area contributed by atoms with Gasteiger partial charge in [0.25, 0.3) is 5.91 Å². The summed E-state index contributed by atoms with van der Waals surface area (Å²) in [7, 11) is 2.80. The van der Waals surface area contributed by atoms with Crippen LogP contribution in [-0.4, -0.2) is 91.4 Å². The van der Waals surface area contributed by atoms with Crippen LogP contribution in [0.5, 0.6) is 0 Å². The van der Waals surface area contributed by atoms with Crippen LogP contribution in [0.1, 0.15) is 33.6 Å². The number of fused-ring (bicyclic) bond motifs is 2. The molecule has 13 heteroatoms. The number of allylic oxidation sites excluding steroid dienone is 4. The summed E-state index contributed by atoms with van der Waals surface area (Å²) in [4.78, 5) is 51.3. The van der Waals surface area contributed by atoms with Crippen molar-refractivity contribution in [2.24, 2.45) is 17.6 Å². The molecule has 2 aliphatic rings. The number of rotatable bonds is 7. The summed E-state index contributed by atoms with van der Waals surface area (Å²) in [5, 5.41) is 26.9. The molecule has 43 heavy (non-hydrogen) atoms. The van der Waals surface area contributed by atoms with Gasteiger partial charge in [-0.1, -0.05) is 38.2 Å². The van der Waals surface area contributed by atoms with E-state index in [1.165, 1.54) is 39.4 Å². The molecule has 6 N–H and O–H groups in total. The zero-order valence-electron chi connectivity index (χ0n) is 25.1. The molecule has 1 aliphatic carbocycles. The number of Topliss-reactive ketones (excluding diaryl/α,β-unsaturated/α-hetero) is 1. The first-order chi connectivity index (χ1) is 20.4. The quantitative estimate of drug-likeness (QED) is 0.158. The van der Waals surface area contributed by atoms with Crippen molar-refractivity contribution in [2.75, 3.05) is 33.3 Å². The minimum absolute atomic E-state index is 0.112. The van der Waals surface area contributed by atoms with Gasteiger partial charge in [0.2, 0.25) is 11.6 Å². The van der Waals surface area contributed by atoms with Crippen molar-refractivity contribution < 1.29 is 43.6 Å². The van der Waals surface area contributed by atoms with Crippen LogP contribution in [0, 0.1) is 11.8 Å². The van der Waals surface area contributed by atoms with Gasteiger partial charge >= 0.3 is 6.09 Å². The van der Waals surface area contributed by atoms with Gasteiger partial charge in [0.15, 0.2) is 6.10 Å². The summed E-state index contributed by atoms with van der Waals surface area (Å²) in [6.07, 6.45) is 2.50. The number of nitrogens with one attached hydrogen (secondary N) is 2. The maximum atomic E-state index is 13.5. The van der Waals surface area contributed by atoms with E-state index in [1.807, 2.05) is 6.92 Å². The molecule has 0 spiro atoms. The maximum absolute atomic E-state index is 13.5. The van der Waals surface area contributed by atoms with E-state index in [0.717, 1.165) is 6.08 Å². The lowest BCUT2D eigenvalue weighted by molar-refractivity contribution is -0.120. The summed E-state index contributed by atoms with van der Waals surface area (Å²) in [6.45, 7) is 4.78. The lowest BCUT2D eigenvalue weighted by Crippen LogP contribution is -2.38. The van der Waals surface area contributed by atoms with E-state index in [9.17, 15) is 29.4 Å². The highest BCUT2D eigenvalue weighted by molar-refractivity contribution is 6.23. The molecule has 0 saturated heterocycles. The van der Waals surface area contributed by atoms with Crippen LogP contribution in [-0.2, 0) is 28.6 Å². The predicted octanol–water partition coefficient (Wildman–Crippen LogP) is 1.56. The van der Waals surface area contributed by atoms with Gasteiger partial charge < -0.3 is 40.8 Å². The number of nitrogens with two attached hydrogens (primary N) is 1. The van der Waals surface area contributed by atoms with Crippen LogP contribution >= 0.6 is 11.6 Å². The normalized spacial score (nSPS) is 31.3. The fraction of sp³-hybridized carbons (Fsp3) is 0.533. The number of aliphatic hydroxyl groups is 2. The number of primary amides is 1. The minimum atomic E-state index is -1.15. The Kier molecular flexibility index (Phi) is 14.3. The topological polar surface area (TPSA) is 187 Å². The number of carbonyl (C=O) groups excluding carboxylic acids is 4. The summed E-state index contributed by atoms with van der Waals surface area (Å²) in [5.41, 5.74) is 5.87. The molecule has 12 nitrogen and oxygen atoms in total. The Morgan fingerprint density at radius 1 is 1.21 bits per heavy atom. The highest BCUT2D eigenvalue weighted by Gasteiger charge is 2.33. The Labute approximate surface area is 256 Å². The maximum Gasteiger partial charge on any atom is 0.405 e. The molecule has 238 valence electrons. The molecular weight excluding hydrogens is 582 g/mol. The van der Waals surface area contributed by atoms with Crippen LogP contribution in [0.4, 0.5) is 4.79 Å². The van der Waals surface area contributed by atoms with Crippen molar-refractivity contribution in [1.82, 2.24) is 10.6 Å². The second-order valence-electron chi connectivity index (χ2n) is 10.5. The molecule has 0 unspecified atom stereocenters. The molecule has 1 aliphatic heterocycles. The molecule has 0 aromatic rings. The van der Waals surface area contributed by atoms with Gasteiger partial charge in [0.05, 0.1) is 30.2 Å². The molecule has 0 fully saturated rings. The highest BCUT2D eigenvalue weighted by Crippen LogP contribution is 2.29. The predicted molar refractivity (Wildman–Crippen MR) is 160 cm³/mol. The molecular formula is C30H42ClN3O9. The fourth-order valence-corrected chi connectivity index (χ4v) is 5.05. The minimum Gasteiger partial charge on any atom is -0.439 e. The summed E-state index contributed by atoms with van der Waals surface area (Å²) < 4.78 is 16.4. The van der Waals surface area contributed by atoms with E-state index >= 15 is 0 Å². The van der Waals surface area contributed by atoms with Gasteiger partial charge in [-0.05, 0) is 31.3 Å². The number of hydrogen-bond acceptors (Lipinski definition) is 10. The van der Waals surface area contributed by atoms with Gasteiger partial charge in [0.1, 0.15) is 6.10 Å². The van der Waals surface area contributed by atoms with Crippen molar-refractivity contribution in [2.45, 2.75) is 58.0 Å². The third-order valence-electron chi connectivity index (χ3n) is 7.24. The first kappa shape index (κ1) is 35.9. The molecule has 2 rings (SSSR count). The van der Waals surface area contributed by atoms with E-state index in [1.54, 1.807) is 13.0 Å². The molecule has 0 aromatic heterocycles. The Balaban J connectivity index is 2.65. The van der Waals surface area contributed by atoms with Crippen LogP contribution in [0.3, 0.4) is 0 Å². The van der Waals surface area contributed by atoms with Gasteiger partial charge in [0, 0.05) is 49.8 Å². The number of ether oxygens (including phenoxy) is 3. The number of aliphatic hydroxyl groups excluding tert-OH is 2. The standard InChI is InChI=1S/C30H42ClN3O9/c1-16-11-20-25(33-10-9-31)22(36)14-21(27(20)38)34-29(39)17(2)7-6-8-23(41-4)28(43-30(32)40)19(15-35)13-18(3)26(37)24(12-16)42-5/h6-8,13-14,16,18,23-24,26,28,33,35,37H,9-12,15H2,1-5H3,(H2,32,40)(H,34,39)/b8-6+,17-7-,19-13+/t16-,18+,23+,24+,26-,28+/m1/s1. The van der Waals surface area contributed by atoms with Crippen LogP contribution < -0.4 is 16.4 Å². The number of amides is 2. The highest BCUT2D eigenvalue weighted by atomic mass is 35.5. The SMILES string of the molecule is CO[C@H]1/C=C/C=C(/C)C(=O)NC2=CC(=O)C(NCCCl)=C(C[C@@H](C)C[C@H](OC)[C@H](O)[C@@H](C)/C=C(\CO)[C@@H]1OC(N)=O)C2=O. The van der Waals surface area contributed by atoms with Gasteiger partial charge in [-0.25, -0.2) is 4.79 Å². The number of methoxy groups -OCH3 is 2. The Hall–Kier alpha value is -3.29. The Morgan fingerprint density at radius 3 is 2.49 bits per heavy atom. The smallest absolute Gasteiger partial charge is 0.405 e. The molecule has 1 heterocycles. The van der Waals surface area contributed by atoms with Crippen molar-refractivity contribution in [3.8, 4) is 0 Å². The average Bonchev–Trinajstić information content (AvgIpc) is 2.96. The largest absolute Gasteiger partial charge is 0.439 e. The molecule has 2 bridgehead atoms. The van der Waals surface area contributed by atoms with Crippen LogP contribution in [0.2, 0.25) is 0 Å². The number of carbonyl (C=O) groups is 4. The number of halogens is 1.